The lowest BCUT2D eigenvalue weighted by Gasteiger charge is -2.03. The Morgan fingerprint density at radius 1 is 0.929 bits per heavy atom. The molecule has 2 amide bonds. The lowest BCUT2D eigenvalue weighted by atomic mass is 10.2. The molecule has 2 aromatic carbocycles. The minimum Gasteiger partial charge on any atom is -0.321 e. The number of amides is 2. The summed E-state index contributed by atoms with van der Waals surface area (Å²) in [6.07, 6.45) is 0. The first kappa shape index (κ1) is 18.5. The first-order valence-electron chi connectivity index (χ1n) is 8.11. The van der Waals surface area contributed by atoms with Gasteiger partial charge in [-0.1, -0.05) is 35.3 Å². The Bertz CT molecular complexity index is 1200. The predicted molar refractivity (Wildman–Crippen MR) is 113 cm³/mol. The van der Waals surface area contributed by atoms with E-state index in [1.165, 1.54) is 11.3 Å². The second-order valence-electron chi connectivity index (χ2n) is 5.85. The van der Waals surface area contributed by atoms with Gasteiger partial charge in [0.15, 0.2) is 5.82 Å². The smallest absolute Gasteiger partial charge is 0.265 e. The molecule has 2 heterocycles. The van der Waals surface area contributed by atoms with Crippen LogP contribution < -0.4 is 10.6 Å². The Balaban J connectivity index is 1.55. The summed E-state index contributed by atoms with van der Waals surface area (Å²) in [5.41, 5.74) is 1.01. The highest BCUT2D eigenvalue weighted by atomic mass is 35.5. The Hall–Kier alpha value is -2.87. The molecule has 4 rings (SSSR count). The Labute approximate surface area is 173 Å². The molecule has 2 aromatic heterocycles. The highest BCUT2D eigenvalue weighted by Gasteiger charge is 2.17. The Morgan fingerprint density at radius 3 is 2.43 bits per heavy atom. The number of fused-ring (bicyclic) bond motifs is 1. The number of carbonyl (C=O) groups is 2. The predicted octanol–water partition coefficient (Wildman–Crippen LogP) is 5.44. The van der Waals surface area contributed by atoms with Crippen molar-refractivity contribution in [3.63, 3.8) is 0 Å². The van der Waals surface area contributed by atoms with Gasteiger partial charge in [0.1, 0.15) is 4.83 Å². The molecule has 0 spiro atoms. The van der Waals surface area contributed by atoms with Crippen LogP contribution in [0.15, 0.2) is 54.6 Å². The van der Waals surface area contributed by atoms with Crippen molar-refractivity contribution >= 4 is 68.1 Å². The molecule has 0 aliphatic rings. The van der Waals surface area contributed by atoms with Crippen LogP contribution in [-0.2, 0) is 0 Å². The molecule has 6 nitrogen and oxygen atoms in total. The van der Waals surface area contributed by atoms with Gasteiger partial charge in [0.2, 0.25) is 0 Å². The number of aromatic nitrogens is 2. The van der Waals surface area contributed by atoms with Gasteiger partial charge in [-0.05, 0) is 42.5 Å². The van der Waals surface area contributed by atoms with Gasteiger partial charge in [-0.2, -0.15) is 5.10 Å². The van der Waals surface area contributed by atoms with Crippen LogP contribution >= 0.6 is 34.5 Å². The fourth-order valence-electron chi connectivity index (χ4n) is 2.59. The van der Waals surface area contributed by atoms with E-state index in [1.807, 2.05) is 0 Å². The third-order valence-corrected chi connectivity index (χ3v) is 5.39. The van der Waals surface area contributed by atoms with Gasteiger partial charge >= 0.3 is 0 Å². The average molecular weight is 431 g/mol. The van der Waals surface area contributed by atoms with Crippen molar-refractivity contribution in [1.82, 2.24) is 10.2 Å². The normalized spacial score (nSPS) is 10.8. The van der Waals surface area contributed by atoms with Gasteiger partial charge in [0, 0.05) is 21.3 Å². The zero-order valence-electron chi connectivity index (χ0n) is 14.1. The van der Waals surface area contributed by atoms with E-state index >= 15 is 0 Å². The molecule has 0 saturated carbocycles. The number of aromatic amines is 1. The summed E-state index contributed by atoms with van der Waals surface area (Å²) in [5.74, 6) is -0.269. The molecule has 0 radical (unpaired) electrons. The zero-order chi connectivity index (χ0) is 19.7. The molecule has 28 heavy (non-hydrogen) atoms. The first-order chi connectivity index (χ1) is 13.5. The van der Waals surface area contributed by atoms with E-state index in [1.54, 1.807) is 54.6 Å². The molecule has 0 unspecified atom stereocenters. The Kier molecular flexibility index (Phi) is 5.04. The lowest BCUT2D eigenvalue weighted by Crippen LogP contribution is -2.12. The van der Waals surface area contributed by atoms with Crippen molar-refractivity contribution in [1.29, 1.82) is 0 Å². The summed E-state index contributed by atoms with van der Waals surface area (Å²) in [5, 5.41) is 14.1. The second-order valence-corrected chi connectivity index (χ2v) is 7.78. The molecule has 0 fully saturated rings. The molecule has 140 valence electrons. The number of halogens is 2. The topological polar surface area (TPSA) is 86.9 Å². The summed E-state index contributed by atoms with van der Waals surface area (Å²) in [7, 11) is 0. The fraction of sp³-hybridized carbons (Fsp3) is 0. The first-order valence-corrected chi connectivity index (χ1v) is 9.68. The second kappa shape index (κ2) is 7.63. The van der Waals surface area contributed by atoms with E-state index in [-0.39, 0.29) is 11.8 Å². The van der Waals surface area contributed by atoms with Crippen molar-refractivity contribution < 1.29 is 9.59 Å². The van der Waals surface area contributed by atoms with E-state index < -0.39 is 0 Å². The number of H-pyrrole nitrogens is 1. The summed E-state index contributed by atoms with van der Waals surface area (Å²) >= 11 is 13.1. The molecule has 3 N–H and O–H groups in total. The SMILES string of the molecule is O=C(Nc1n[nH]c2sc(C(=O)Nc3cccc(Cl)c3)cc12)c1cccc(Cl)c1. The summed E-state index contributed by atoms with van der Waals surface area (Å²) in [6.45, 7) is 0. The van der Waals surface area contributed by atoms with Gasteiger partial charge in [0.25, 0.3) is 11.8 Å². The molecule has 4 aromatic rings. The van der Waals surface area contributed by atoms with E-state index in [4.69, 9.17) is 23.2 Å². The number of anilines is 2. The average Bonchev–Trinajstić information content (AvgIpc) is 3.24. The van der Waals surface area contributed by atoms with Crippen molar-refractivity contribution in [2.45, 2.75) is 0 Å². The van der Waals surface area contributed by atoms with Gasteiger partial charge in [-0.3, -0.25) is 14.7 Å². The molecule has 0 aliphatic carbocycles. The third kappa shape index (κ3) is 3.87. The van der Waals surface area contributed by atoms with Crippen LogP contribution in [0.25, 0.3) is 10.2 Å². The highest BCUT2D eigenvalue weighted by molar-refractivity contribution is 7.20. The number of rotatable bonds is 4. The molecule has 0 bridgehead atoms. The molecule has 0 aliphatic heterocycles. The van der Waals surface area contributed by atoms with Gasteiger partial charge < -0.3 is 10.6 Å². The maximum Gasteiger partial charge on any atom is 0.265 e. The lowest BCUT2D eigenvalue weighted by molar-refractivity contribution is 0.102. The van der Waals surface area contributed by atoms with E-state index in [2.05, 4.69) is 20.8 Å². The van der Waals surface area contributed by atoms with Crippen LogP contribution in [0.2, 0.25) is 10.0 Å². The van der Waals surface area contributed by atoms with Gasteiger partial charge in [0.05, 0.1) is 10.3 Å². The van der Waals surface area contributed by atoms with Crippen LogP contribution in [0.4, 0.5) is 11.5 Å². The Morgan fingerprint density at radius 2 is 1.68 bits per heavy atom. The minimum atomic E-state index is -0.341. The number of carbonyl (C=O) groups excluding carboxylic acids is 2. The van der Waals surface area contributed by atoms with Gasteiger partial charge in [-0.25, -0.2) is 0 Å². The van der Waals surface area contributed by atoms with Crippen LogP contribution in [0.5, 0.6) is 0 Å². The standard InChI is InChI=1S/C19H12Cl2N4O2S/c20-11-4-1-3-10(7-11)17(26)23-16-14-9-15(28-19(14)25-24-16)18(27)22-13-6-2-5-12(21)8-13/h1-9H,(H,22,27)(H2,23,24,25,26). The molecular formula is C19H12Cl2N4O2S. The van der Waals surface area contributed by atoms with E-state index in [0.717, 1.165) is 0 Å². The van der Waals surface area contributed by atoms with Crippen LogP contribution in [0.1, 0.15) is 20.0 Å². The van der Waals surface area contributed by atoms with Crippen molar-refractivity contribution in [2.75, 3.05) is 10.6 Å². The maximum absolute atomic E-state index is 12.5. The van der Waals surface area contributed by atoms with E-state index in [9.17, 15) is 9.59 Å². The number of benzene rings is 2. The van der Waals surface area contributed by atoms with Crippen molar-refractivity contribution in [3.8, 4) is 0 Å². The van der Waals surface area contributed by atoms with Gasteiger partial charge in [-0.15, -0.1) is 11.3 Å². The largest absolute Gasteiger partial charge is 0.321 e. The van der Waals surface area contributed by atoms with Crippen LogP contribution in [0, 0.1) is 0 Å². The monoisotopic (exact) mass is 430 g/mol. The summed E-state index contributed by atoms with van der Waals surface area (Å²) < 4.78 is 0. The van der Waals surface area contributed by atoms with Crippen LogP contribution in [-0.4, -0.2) is 22.0 Å². The maximum atomic E-state index is 12.5. The molecule has 0 atom stereocenters. The van der Waals surface area contributed by atoms with E-state index in [0.29, 0.717) is 42.2 Å². The van der Waals surface area contributed by atoms with Crippen molar-refractivity contribution in [2.24, 2.45) is 0 Å². The third-order valence-electron chi connectivity index (χ3n) is 3.88. The molecular weight excluding hydrogens is 419 g/mol. The summed E-state index contributed by atoms with van der Waals surface area (Å²) in [6, 6.07) is 15.2. The number of nitrogens with zero attached hydrogens (tertiary/aromatic N) is 1. The minimum absolute atomic E-state index is 0.274. The number of hydrogen-bond acceptors (Lipinski definition) is 4. The van der Waals surface area contributed by atoms with Crippen molar-refractivity contribution in [3.05, 3.63) is 75.1 Å². The molecule has 9 heteroatoms. The molecule has 0 saturated heterocycles. The van der Waals surface area contributed by atoms with Crippen LogP contribution in [0.3, 0.4) is 0 Å². The zero-order valence-corrected chi connectivity index (χ0v) is 16.5. The quantitative estimate of drug-likeness (QED) is 0.402. The fourth-order valence-corrected chi connectivity index (χ4v) is 3.87. The number of hydrogen-bond donors (Lipinski definition) is 3. The highest BCUT2D eigenvalue weighted by Crippen LogP contribution is 2.30. The summed E-state index contributed by atoms with van der Waals surface area (Å²) in [4.78, 5) is 26.1. The number of thiophene rings is 1. The number of nitrogens with one attached hydrogen (secondary N) is 3.